The summed E-state index contributed by atoms with van der Waals surface area (Å²) >= 11 is 0. The molecule has 1 unspecified atom stereocenters. The van der Waals surface area contributed by atoms with E-state index in [4.69, 9.17) is 9.97 Å². The Labute approximate surface area is 438 Å². The molecule has 12 rings (SSSR count). The number of imidazole rings is 1. The van der Waals surface area contributed by atoms with E-state index in [-0.39, 0.29) is 65.2 Å². The zero-order chi connectivity index (χ0) is 51.5. The summed E-state index contributed by atoms with van der Waals surface area (Å²) in [6.45, 7) is 10.1. The lowest BCUT2D eigenvalue weighted by atomic mass is 9.73. The van der Waals surface area contributed by atoms with Crippen molar-refractivity contribution in [2.45, 2.75) is 127 Å². The predicted octanol–water partition coefficient (Wildman–Crippen LogP) is 8.46. The number of aromatic nitrogens is 3. The van der Waals surface area contributed by atoms with E-state index in [0.29, 0.717) is 87.9 Å². The highest BCUT2D eigenvalue weighted by molar-refractivity contribution is 6.09. The van der Waals surface area contributed by atoms with Crippen LogP contribution in [0.25, 0.3) is 22.3 Å². The van der Waals surface area contributed by atoms with Crippen LogP contribution in [-0.2, 0) is 29.4 Å². The number of nitrogens with zero attached hydrogens (tertiary/aromatic N) is 8. The Balaban J connectivity index is 0.712. The third-order valence-corrected chi connectivity index (χ3v) is 18.1. The van der Waals surface area contributed by atoms with Crippen LogP contribution in [0.3, 0.4) is 0 Å². The van der Waals surface area contributed by atoms with Crippen LogP contribution < -0.4 is 20.4 Å². The average Bonchev–Trinajstić information content (AvgIpc) is 3.96. The van der Waals surface area contributed by atoms with Gasteiger partial charge in [-0.3, -0.25) is 29.3 Å². The lowest BCUT2D eigenvalue weighted by molar-refractivity contribution is -0.144. The molecule has 1 spiro atoms. The molecule has 15 nitrogen and oxygen atoms in total. The Hall–Kier alpha value is -6.68. The van der Waals surface area contributed by atoms with Crippen molar-refractivity contribution in [1.82, 2.24) is 34.6 Å². The third-order valence-electron chi connectivity index (χ3n) is 18.1. The van der Waals surface area contributed by atoms with Crippen molar-refractivity contribution in [3.05, 3.63) is 96.1 Å². The number of hydrogen-bond acceptors (Lipinski definition) is 10. The van der Waals surface area contributed by atoms with E-state index < -0.39 is 5.41 Å². The maximum atomic E-state index is 15.3. The molecule has 5 aromatic rings. The van der Waals surface area contributed by atoms with Crippen molar-refractivity contribution in [2.75, 3.05) is 67.5 Å². The summed E-state index contributed by atoms with van der Waals surface area (Å²) in [5, 5.41) is 5.74. The summed E-state index contributed by atoms with van der Waals surface area (Å²) in [6.07, 6.45) is 12.2. The molecule has 7 aliphatic rings. The van der Waals surface area contributed by atoms with Gasteiger partial charge in [0.2, 0.25) is 29.5 Å². The quantitative estimate of drug-likeness (QED) is 0.130. The Morgan fingerprint density at radius 1 is 0.760 bits per heavy atom. The lowest BCUT2D eigenvalue weighted by Crippen LogP contribution is -2.58. The smallest absolute Gasteiger partial charge is 0.238 e. The van der Waals surface area contributed by atoms with Gasteiger partial charge in [0, 0.05) is 92.6 Å². The molecule has 2 N–H and O–H groups in total. The first-order chi connectivity index (χ1) is 36.4. The number of piperidine rings is 5. The van der Waals surface area contributed by atoms with Crippen molar-refractivity contribution < 1.29 is 28.4 Å². The topological polar surface area (TPSA) is 156 Å². The zero-order valence-corrected chi connectivity index (χ0v) is 43.3. The monoisotopic (exact) mass is 1020 g/mol. The maximum absolute atomic E-state index is 15.3. The first-order valence-corrected chi connectivity index (χ1v) is 27.8. The largest absolute Gasteiger partial charge is 0.371 e. The summed E-state index contributed by atoms with van der Waals surface area (Å²) in [4.78, 5) is 88.5. The second-order valence-electron chi connectivity index (χ2n) is 22.7. The van der Waals surface area contributed by atoms with Gasteiger partial charge in [-0.2, -0.15) is 0 Å². The molecule has 2 aromatic heterocycles. The molecule has 8 heterocycles. The molecule has 16 heteroatoms. The van der Waals surface area contributed by atoms with Crippen LogP contribution >= 0.6 is 0 Å². The summed E-state index contributed by atoms with van der Waals surface area (Å²) in [7, 11) is 0. The van der Waals surface area contributed by atoms with E-state index in [1.807, 2.05) is 44.7 Å². The molecule has 6 fully saturated rings. The molecule has 75 heavy (non-hydrogen) atoms. The van der Waals surface area contributed by atoms with Gasteiger partial charge in [-0.1, -0.05) is 42.8 Å². The van der Waals surface area contributed by atoms with Crippen molar-refractivity contribution in [1.29, 1.82) is 0 Å². The number of carbonyl (C=O) groups excluding carboxylic acids is 5. The Morgan fingerprint density at radius 2 is 1.44 bits per heavy atom. The molecule has 1 saturated carbocycles. The van der Waals surface area contributed by atoms with Crippen LogP contribution in [0.2, 0.25) is 0 Å². The van der Waals surface area contributed by atoms with Gasteiger partial charge >= 0.3 is 0 Å². The van der Waals surface area contributed by atoms with Gasteiger partial charge in [0.15, 0.2) is 5.82 Å². The molecule has 3 aromatic carbocycles. The van der Waals surface area contributed by atoms with E-state index in [1.54, 1.807) is 24.5 Å². The molecule has 1 aliphatic carbocycles. The summed E-state index contributed by atoms with van der Waals surface area (Å²) < 4.78 is 17.2. The normalized spacial score (nSPS) is 23.7. The van der Waals surface area contributed by atoms with E-state index in [2.05, 4.69) is 57.4 Å². The minimum absolute atomic E-state index is 0.0536. The van der Waals surface area contributed by atoms with E-state index >= 15 is 9.18 Å². The SMILES string of the molecule is CC(C)n1cnc2cc(-c3ccc4c(c3)N(C3CC(N5CCCCC5)C3)C(=O)C43CCN(C(=O)C4CCN(C(=O)C5CCN(c6ccc(C7CCC(=O)NC7=O)cc6)CC5)CC4)CC3)nc(Nc3ccccc3F)c21. The third kappa shape index (κ3) is 9.14. The minimum Gasteiger partial charge on any atom is -0.371 e. The van der Waals surface area contributed by atoms with Crippen molar-refractivity contribution in [2.24, 2.45) is 11.8 Å². The van der Waals surface area contributed by atoms with Gasteiger partial charge in [-0.05, 0) is 145 Å². The Morgan fingerprint density at radius 3 is 2.12 bits per heavy atom. The second-order valence-corrected chi connectivity index (χ2v) is 22.7. The molecular formula is C59H69FN10O5. The highest BCUT2D eigenvalue weighted by atomic mass is 19.1. The minimum atomic E-state index is -0.740. The standard InChI is InChI=1S/C59H69FN10O5/c1-37(2)69-36-61-50-35-49(63-54(53(50)69)62-48-9-5-4-8-47(48)60)41-12-16-46-51(32-41)70(44-33-43(34-44)65-24-6-3-7-25-65)58(75)59(46)22-30-68(31-23-59)57(74)40-20-28-67(29-21-40)56(73)39-18-26-66(27-19-39)42-13-10-38(11-14-42)45-15-17-52(71)64-55(45)72/h4-5,8-14,16,32,35-37,39-40,43-45H,3,6-7,15,17-31,33-34H2,1-2H3,(H,62,63)(H,64,71,72). The van der Waals surface area contributed by atoms with Gasteiger partial charge in [-0.25, -0.2) is 14.4 Å². The fourth-order valence-electron chi connectivity index (χ4n) is 13.6. The van der Waals surface area contributed by atoms with Gasteiger partial charge < -0.3 is 34.4 Å². The van der Waals surface area contributed by atoms with Crippen LogP contribution in [0.1, 0.15) is 120 Å². The predicted molar refractivity (Wildman–Crippen MR) is 286 cm³/mol. The second kappa shape index (κ2) is 20.1. The fourth-order valence-corrected chi connectivity index (χ4v) is 13.6. The first-order valence-electron chi connectivity index (χ1n) is 27.8. The molecule has 392 valence electrons. The average molecular weight is 1020 g/mol. The number of benzene rings is 3. The maximum Gasteiger partial charge on any atom is 0.238 e. The number of halogens is 1. The van der Waals surface area contributed by atoms with E-state index in [0.717, 1.165) is 91.0 Å². The first kappa shape index (κ1) is 49.2. The number of amides is 5. The van der Waals surface area contributed by atoms with E-state index in [1.165, 1.54) is 25.3 Å². The number of fused-ring (bicyclic) bond motifs is 3. The molecular weight excluding hydrogens is 948 g/mol. The highest BCUT2D eigenvalue weighted by Crippen LogP contribution is 2.52. The number of anilines is 4. The number of carbonyl (C=O) groups is 5. The zero-order valence-electron chi connectivity index (χ0n) is 43.3. The number of para-hydroxylation sites is 1. The van der Waals surface area contributed by atoms with Crippen LogP contribution in [-0.4, -0.2) is 123 Å². The number of likely N-dealkylation sites (tertiary alicyclic amines) is 3. The molecule has 0 radical (unpaired) electrons. The number of imide groups is 1. The molecule has 1 atom stereocenters. The summed E-state index contributed by atoms with van der Waals surface area (Å²) in [5.41, 5.74) is 6.58. The highest BCUT2D eigenvalue weighted by Gasteiger charge is 2.56. The number of pyridine rings is 1. The Bertz CT molecular complexity index is 3010. The van der Waals surface area contributed by atoms with Gasteiger partial charge in [-0.15, -0.1) is 0 Å². The molecule has 0 bridgehead atoms. The number of nitrogens with one attached hydrogen (secondary N) is 2. The van der Waals surface area contributed by atoms with Crippen molar-refractivity contribution >= 4 is 63.4 Å². The molecule has 6 aliphatic heterocycles. The van der Waals surface area contributed by atoms with Crippen molar-refractivity contribution in [3.8, 4) is 11.3 Å². The van der Waals surface area contributed by atoms with E-state index in [9.17, 15) is 19.2 Å². The molecule has 5 amide bonds. The van der Waals surface area contributed by atoms with Crippen LogP contribution in [0.5, 0.6) is 0 Å². The van der Waals surface area contributed by atoms with Gasteiger partial charge in [0.05, 0.1) is 34.6 Å². The number of rotatable bonds is 10. The fraction of sp³-hybridized carbons (Fsp3) is 0.508. The van der Waals surface area contributed by atoms with Crippen LogP contribution in [0.15, 0.2) is 79.1 Å². The summed E-state index contributed by atoms with van der Waals surface area (Å²) in [6, 6.07) is 23.6. The Kier molecular flexibility index (Phi) is 13.2. The molecule has 5 saturated heterocycles. The lowest BCUT2D eigenvalue weighted by Gasteiger charge is -2.48. The van der Waals surface area contributed by atoms with Crippen LogP contribution in [0, 0.1) is 17.7 Å². The number of hydrogen-bond donors (Lipinski definition) is 2. The summed E-state index contributed by atoms with van der Waals surface area (Å²) in [5.74, 6) is -0.377. The van der Waals surface area contributed by atoms with Crippen LogP contribution in [0.4, 0.5) is 27.3 Å². The van der Waals surface area contributed by atoms with Crippen molar-refractivity contribution in [3.63, 3.8) is 0 Å². The van der Waals surface area contributed by atoms with Gasteiger partial charge in [0.1, 0.15) is 11.3 Å². The van der Waals surface area contributed by atoms with Gasteiger partial charge in [0.25, 0.3) is 0 Å².